The molecule has 0 spiro atoms. The summed E-state index contributed by atoms with van der Waals surface area (Å²) in [6.45, 7) is 0.204. The number of carbonyl (C=O) groups is 2. The zero-order chi connectivity index (χ0) is 18.2. The Bertz CT molecular complexity index is 971. The summed E-state index contributed by atoms with van der Waals surface area (Å²) < 4.78 is 32.6. The summed E-state index contributed by atoms with van der Waals surface area (Å²) in [6, 6.07) is 9.78. The molecule has 25 heavy (non-hydrogen) atoms. The fourth-order valence-corrected chi connectivity index (χ4v) is 4.03. The Hall–Kier alpha value is -3.07. The van der Waals surface area contributed by atoms with E-state index in [9.17, 15) is 18.0 Å². The van der Waals surface area contributed by atoms with Gasteiger partial charge in [0.2, 0.25) is 11.8 Å². The number of amides is 2. The van der Waals surface area contributed by atoms with Gasteiger partial charge in [-0.2, -0.15) is 0 Å². The summed E-state index contributed by atoms with van der Waals surface area (Å²) in [5, 5.41) is 0. The quantitative estimate of drug-likeness (QED) is 0.817. The molecule has 1 aliphatic rings. The van der Waals surface area contributed by atoms with Gasteiger partial charge in [-0.3, -0.25) is 13.9 Å². The van der Waals surface area contributed by atoms with Gasteiger partial charge in [-0.1, -0.05) is 6.07 Å². The van der Waals surface area contributed by atoms with Gasteiger partial charge in [-0.15, -0.1) is 0 Å². The van der Waals surface area contributed by atoms with Gasteiger partial charge >= 0.3 is 0 Å². The smallest absolute Gasteiger partial charge is 0.264 e. The Morgan fingerprint density at radius 3 is 2.36 bits per heavy atom. The van der Waals surface area contributed by atoms with Crippen LogP contribution in [0.1, 0.15) is 20.7 Å². The highest BCUT2D eigenvalue weighted by atomic mass is 32.2. The molecule has 0 saturated heterocycles. The average molecular weight is 361 g/mol. The third kappa shape index (κ3) is 3.01. The van der Waals surface area contributed by atoms with Crippen molar-refractivity contribution in [2.75, 3.05) is 17.5 Å². The molecule has 0 atom stereocenters. The number of benzene rings is 2. The summed E-state index contributed by atoms with van der Waals surface area (Å²) >= 11 is 0. The third-order valence-electron chi connectivity index (χ3n) is 3.77. The number of nitrogens with two attached hydrogens (primary N) is 2. The molecule has 2 aromatic rings. The van der Waals surface area contributed by atoms with E-state index in [1.165, 1.54) is 42.5 Å². The topological polar surface area (TPSA) is 133 Å². The third-order valence-corrected chi connectivity index (χ3v) is 5.58. The number of ether oxygens (including phenoxy) is 1. The van der Waals surface area contributed by atoms with Crippen molar-refractivity contribution in [3.05, 3.63) is 53.6 Å². The standard InChI is InChI=1S/C16H15N3O5S/c17-15(20)10-2-1-3-12(8-10)25(22,23)19-6-7-24-14-5-4-11(16(18)21)9-13(14)19/h1-5,8-9H,6-7H2,(H2,17,20)(H2,18,21). The van der Waals surface area contributed by atoms with Gasteiger partial charge in [0.25, 0.3) is 10.0 Å². The number of carbonyl (C=O) groups excluding carboxylic acids is 2. The van der Waals surface area contributed by atoms with E-state index in [-0.39, 0.29) is 34.9 Å². The minimum atomic E-state index is -3.98. The van der Waals surface area contributed by atoms with E-state index in [1.807, 2.05) is 0 Å². The Labute approximate surface area is 144 Å². The second-order valence-electron chi connectivity index (χ2n) is 5.36. The fourth-order valence-electron chi connectivity index (χ4n) is 2.53. The number of primary amides is 2. The Morgan fingerprint density at radius 1 is 1.00 bits per heavy atom. The molecule has 9 heteroatoms. The molecule has 130 valence electrons. The number of sulfonamides is 1. The fraction of sp³-hybridized carbons (Fsp3) is 0.125. The second kappa shape index (κ2) is 6.10. The lowest BCUT2D eigenvalue weighted by Gasteiger charge is -2.30. The van der Waals surface area contributed by atoms with E-state index >= 15 is 0 Å². The predicted molar refractivity (Wildman–Crippen MR) is 89.9 cm³/mol. The minimum absolute atomic E-state index is 0.0539. The lowest BCUT2D eigenvalue weighted by Crippen LogP contribution is -2.38. The highest BCUT2D eigenvalue weighted by Crippen LogP contribution is 2.36. The normalized spacial score (nSPS) is 13.7. The Kier molecular flexibility index (Phi) is 4.09. The molecule has 0 aromatic heterocycles. The monoisotopic (exact) mass is 361 g/mol. The van der Waals surface area contributed by atoms with Gasteiger partial charge in [-0.05, 0) is 36.4 Å². The molecule has 2 aromatic carbocycles. The zero-order valence-electron chi connectivity index (χ0n) is 13.0. The Morgan fingerprint density at radius 2 is 1.68 bits per heavy atom. The molecule has 0 bridgehead atoms. The van der Waals surface area contributed by atoms with Gasteiger partial charge < -0.3 is 16.2 Å². The number of fused-ring (bicyclic) bond motifs is 1. The van der Waals surface area contributed by atoms with Gasteiger partial charge in [0, 0.05) is 11.1 Å². The summed E-state index contributed by atoms with van der Waals surface area (Å²) in [5.41, 5.74) is 10.9. The molecule has 1 aliphatic heterocycles. The molecule has 0 aliphatic carbocycles. The molecule has 1 heterocycles. The van der Waals surface area contributed by atoms with Crippen LogP contribution in [0.5, 0.6) is 5.75 Å². The molecule has 3 rings (SSSR count). The van der Waals surface area contributed by atoms with Crippen LogP contribution in [0.4, 0.5) is 5.69 Å². The highest BCUT2D eigenvalue weighted by molar-refractivity contribution is 7.92. The molecule has 2 amide bonds. The van der Waals surface area contributed by atoms with Gasteiger partial charge in [-0.25, -0.2) is 8.42 Å². The van der Waals surface area contributed by atoms with Crippen molar-refractivity contribution in [1.29, 1.82) is 0 Å². The van der Waals surface area contributed by atoms with Crippen LogP contribution in [0, 0.1) is 0 Å². The molecule has 8 nitrogen and oxygen atoms in total. The van der Waals surface area contributed by atoms with Crippen LogP contribution in [0.3, 0.4) is 0 Å². The maximum absolute atomic E-state index is 13.0. The van der Waals surface area contributed by atoms with E-state index in [1.54, 1.807) is 0 Å². The average Bonchev–Trinajstić information content (AvgIpc) is 2.60. The van der Waals surface area contributed by atoms with Crippen LogP contribution < -0.4 is 20.5 Å². The molecule has 0 saturated carbocycles. The summed E-state index contributed by atoms with van der Waals surface area (Å²) in [5.74, 6) is -1.08. The first-order chi connectivity index (χ1) is 11.8. The van der Waals surface area contributed by atoms with Crippen molar-refractivity contribution in [3.63, 3.8) is 0 Å². The van der Waals surface area contributed by atoms with Crippen molar-refractivity contribution < 1.29 is 22.7 Å². The second-order valence-corrected chi connectivity index (χ2v) is 7.23. The minimum Gasteiger partial charge on any atom is -0.489 e. The lowest BCUT2D eigenvalue weighted by atomic mass is 10.1. The summed E-state index contributed by atoms with van der Waals surface area (Å²) in [6.07, 6.45) is 0. The van der Waals surface area contributed by atoms with Gasteiger partial charge in [0.05, 0.1) is 17.1 Å². The van der Waals surface area contributed by atoms with Gasteiger partial charge in [0.1, 0.15) is 12.4 Å². The van der Waals surface area contributed by atoms with Crippen LogP contribution in [0.2, 0.25) is 0 Å². The van der Waals surface area contributed by atoms with E-state index in [0.29, 0.717) is 5.75 Å². The maximum Gasteiger partial charge on any atom is 0.264 e. The number of hydrogen-bond acceptors (Lipinski definition) is 5. The van der Waals surface area contributed by atoms with Crippen LogP contribution in [0.15, 0.2) is 47.4 Å². The number of anilines is 1. The number of nitrogens with zero attached hydrogens (tertiary/aromatic N) is 1. The molecule has 0 unspecified atom stereocenters. The van der Waals surface area contributed by atoms with E-state index in [0.717, 1.165) is 4.31 Å². The van der Waals surface area contributed by atoms with E-state index < -0.39 is 21.8 Å². The van der Waals surface area contributed by atoms with E-state index in [4.69, 9.17) is 16.2 Å². The molecule has 4 N–H and O–H groups in total. The SMILES string of the molecule is NC(=O)c1cccc(S(=O)(=O)N2CCOc3ccc(C(N)=O)cc32)c1. The van der Waals surface area contributed by atoms with Crippen molar-refractivity contribution in [2.24, 2.45) is 11.5 Å². The van der Waals surface area contributed by atoms with Crippen molar-refractivity contribution in [2.45, 2.75) is 4.90 Å². The number of rotatable bonds is 4. The first kappa shape index (κ1) is 16.8. The summed E-state index contributed by atoms with van der Waals surface area (Å²) in [4.78, 5) is 22.6. The molecule has 0 fully saturated rings. The zero-order valence-corrected chi connectivity index (χ0v) is 13.8. The molecular formula is C16H15N3O5S. The highest BCUT2D eigenvalue weighted by Gasteiger charge is 2.31. The van der Waals surface area contributed by atoms with Crippen LogP contribution in [-0.2, 0) is 10.0 Å². The first-order valence-electron chi connectivity index (χ1n) is 7.30. The van der Waals surface area contributed by atoms with Crippen molar-refractivity contribution >= 4 is 27.5 Å². The van der Waals surface area contributed by atoms with Gasteiger partial charge in [0.15, 0.2) is 0 Å². The summed E-state index contributed by atoms with van der Waals surface area (Å²) in [7, 11) is -3.98. The van der Waals surface area contributed by atoms with Crippen LogP contribution in [-0.4, -0.2) is 33.4 Å². The first-order valence-corrected chi connectivity index (χ1v) is 8.74. The largest absolute Gasteiger partial charge is 0.489 e. The maximum atomic E-state index is 13.0. The van der Waals surface area contributed by atoms with Crippen LogP contribution in [0.25, 0.3) is 0 Å². The van der Waals surface area contributed by atoms with Crippen molar-refractivity contribution in [3.8, 4) is 5.75 Å². The Balaban J connectivity index is 2.11. The molecular weight excluding hydrogens is 346 g/mol. The molecule has 0 radical (unpaired) electrons. The van der Waals surface area contributed by atoms with Crippen molar-refractivity contribution in [1.82, 2.24) is 0 Å². The van der Waals surface area contributed by atoms with E-state index in [2.05, 4.69) is 0 Å². The lowest BCUT2D eigenvalue weighted by molar-refractivity contribution is 0.0991. The predicted octanol–water partition coefficient (Wildman–Crippen LogP) is 0.472. The van der Waals surface area contributed by atoms with Crippen LogP contribution >= 0.6 is 0 Å². The number of hydrogen-bond donors (Lipinski definition) is 2.